The number of hydrogen-bond donors (Lipinski definition) is 1. The van der Waals surface area contributed by atoms with Crippen molar-refractivity contribution in [2.75, 3.05) is 6.61 Å². The Labute approximate surface area is 135 Å². The van der Waals surface area contributed by atoms with E-state index in [1.807, 2.05) is 6.92 Å². The molecule has 2 aliphatic rings. The van der Waals surface area contributed by atoms with Gasteiger partial charge >= 0.3 is 0 Å². The summed E-state index contributed by atoms with van der Waals surface area (Å²) in [6, 6.07) is 0. The second-order valence-corrected chi connectivity index (χ2v) is 8.16. The van der Waals surface area contributed by atoms with E-state index in [4.69, 9.17) is 0 Å². The summed E-state index contributed by atoms with van der Waals surface area (Å²) >= 11 is 0. The molecule has 0 radical (unpaired) electrons. The van der Waals surface area contributed by atoms with Gasteiger partial charge in [-0.25, -0.2) is 0 Å². The maximum atomic E-state index is 10.6. The van der Waals surface area contributed by atoms with Gasteiger partial charge in [-0.1, -0.05) is 38.0 Å². The minimum atomic E-state index is 0.0691. The molecule has 4 atom stereocenters. The molecule has 2 heteroatoms. The van der Waals surface area contributed by atoms with E-state index in [0.717, 1.165) is 37.5 Å². The Morgan fingerprint density at radius 3 is 2.77 bits per heavy atom. The first kappa shape index (κ1) is 17.5. The van der Waals surface area contributed by atoms with Crippen molar-refractivity contribution in [2.45, 2.75) is 65.7 Å². The summed E-state index contributed by atoms with van der Waals surface area (Å²) < 4.78 is 0. The Kier molecular flexibility index (Phi) is 5.32. The van der Waals surface area contributed by atoms with E-state index in [2.05, 4.69) is 20.4 Å². The van der Waals surface area contributed by atoms with Gasteiger partial charge in [0.2, 0.25) is 0 Å². The highest BCUT2D eigenvalue weighted by Crippen LogP contribution is 2.61. The van der Waals surface area contributed by atoms with Crippen LogP contribution in [0, 0.1) is 22.7 Å². The van der Waals surface area contributed by atoms with E-state index in [9.17, 15) is 9.90 Å². The molecule has 1 unspecified atom stereocenters. The van der Waals surface area contributed by atoms with E-state index < -0.39 is 0 Å². The predicted octanol–water partition coefficient (Wildman–Crippen LogP) is 4.68. The van der Waals surface area contributed by atoms with Gasteiger partial charge in [0.15, 0.2) is 0 Å². The Morgan fingerprint density at radius 2 is 2.14 bits per heavy atom. The summed E-state index contributed by atoms with van der Waals surface area (Å²) in [5.74, 6) is 1.11. The van der Waals surface area contributed by atoms with Crippen molar-refractivity contribution in [1.82, 2.24) is 0 Å². The third-order valence-corrected chi connectivity index (χ3v) is 6.68. The summed E-state index contributed by atoms with van der Waals surface area (Å²) in [6.07, 6.45) is 10.5. The van der Waals surface area contributed by atoms with Crippen molar-refractivity contribution in [3.05, 3.63) is 23.8 Å². The standard InChI is InChI=1S/C20H32O2/c1-15(10-13-21)6-8-17-16(2)7-9-18-19(3,14-22)11-5-12-20(17,18)4/h10,13,17-18,22H,2,5-9,11-12,14H2,1,3-4H3/b15-10+/t17-,18?,19+,20+/m0/s1. The number of carbonyl (C=O) groups excluding carboxylic acids is 1. The Bertz CT molecular complexity index is 464. The van der Waals surface area contributed by atoms with Crippen LogP contribution in [0.15, 0.2) is 23.8 Å². The fraction of sp³-hybridized carbons (Fsp3) is 0.750. The Hall–Kier alpha value is -0.890. The minimum Gasteiger partial charge on any atom is -0.396 e. The normalized spacial score (nSPS) is 39.5. The molecule has 0 amide bonds. The SMILES string of the molecule is C=C1CCC2[C@@](C)(CO)CCC[C@]2(C)[C@H]1CC/C(C)=C/C=O. The van der Waals surface area contributed by atoms with E-state index >= 15 is 0 Å². The van der Waals surface area contributed by atoms with E-state index in [-0.39, 0.29) is 10.8 Å². The molecule has 2 saturated carbocycles. The summed E-state index contributed by atoms with van der Waals surface area (Å²) in [5.41, 5.74) is 2.88. The van der Waals surface area contributed by atoms with Crippen LogP contribution in [-0.4, -0.2) is 18.0 Å². The van der Waals surface area contributed by atoms with Crippen LogP contribution in [0.2, 0.25) is 0 Å². The molecule has 124 valence electrons. The lowest BCUT2D eigenvalue weighted by Crippen LogP contribution is -2.51. The van der Waals surface area contributed by atoms with Gasteiger partial charge in [0.25, 0.3) is 0 Å². The minimum absolute atomic E-state index is 0.0691. The number of hydrogen-bond acceptors (Lipinski definition) is 2. The molecule has 0 bridgehead atoms. The van der Waals surface area contributed by atoms with E-state index in [1.165, 1.54) is 24.8 Å². The molecule has 2 fully saturated rings. The third-order valence-electron chi connectivity index (χ3n) is 6.68. The third kappa shape index (κ3) is 3.08. The summed E-state index contributed by atoms with van der Waals surface area (Å²) in [5, 5.41) is 9.97. The maximum Gasteiger partial charge on any atom is 0.142 e. The fourth-order valence-electron chi connectivity index (χ4n) is 5.38. The molecule has 1 N–H and O–H groups in total. The zero-order valence-corrected chi connectivity index (χ0v) is 14.5. The highest BCUT2D eigenvalue weighted by atomic mass is 16.3. The van der Waals surface area contributed by atoms with Crippen molar-refractivity contribution < 1.29 is 9.90 Å². The van der Waals surface area contributed by atoms with Crippen molar-refractivity contribution in [3.8, 4) is 0 Å². The zero-order chi connectivity index (χ0) is 16.4. The van der Waals surface area contributed by atoms with Gasteiger partial charge in [-0.3, -0.25) is 4.79 Å². The van der Waals surface area contributed by atoms with Gasteiger partial charge in [-0.2, -0.15) is 0 Å². The van der Waals surface area contributed by atoms with Gasteiger partial charge in [0, 0.05) is 6.61 Å². The molecule has 0 aromatic heterocycles. The summed E-state index contributed by atoms with van der Waals surface area (Å²) in [7, 11) is 0. The monoisotopic (exact) mass is 304 g/mol. The quantitative estimate of drug-likeness (QED) is 0.455. The van der Waals surface area contributed by atoms with Crippen LogP contribution >= 0.6 is 0 Å². The van der Waals surface area contributed by atoms with Crippen molar-refractivity contribution in [3.63, 3.8) is 0 Å². The number of allylic oxidation sites excluding steroid dienone is 3. The number of aliphatic hydroxyl groups excluding tert-OH is 1. The van der Waals surface area contributed by atoms with Crippen LogP contribution in [0.3, 0.4) is 0 Å². The lowest BCUT2D eigenvalue weighted by atomic mass is 9.47. The zero-order valence-electron chi connectivity index (χ0n) is 14.5. The predicted molar refractivity (Wildman–Crippen MR) is 91.6 cm³/mol. The van der Waals surface area contributed by atoms with Crippen LogP contribution in [-0.2, 0) is 4.79 Å². The summed E-state index contributed by atoms with van der Waals surface area (Å²) in [6.45, 7) is 11.4. The molecule has 0 saturated heterocycles. The molecule has 2 aliphatic carbocycles. The maximum absolute atomic E-state index is 10.6. The highest BCUT2D eigenvalue weighted by Gasteiger charge is 2.53. The fourth-order valence-corrected chi connectivity index (χ4v) is 5.38. The van der Waals surface area contributed by atoms with Crippen LogP contribution in [0.5, 0.6) is 0 Å². The molecule has 0 aliphatic heterocycles. The molecule has 2 nitrogen and oxygen atoms in total. The van der Waals surface area contributed by atoms with Crippen LogP contribution < -0.4 is 0 Å². The van der Waals surface area contributed by atoms with Crippen LogP contribution in [0.25, 0.3) is 0 Å². The van der Waals surface area contributed by atoms with Crippen molar-refractivity contribution in [2.24, 2.45) is 22.7 Å². The number of aliphatic hydroxyl groups is 1. The average molecular weight is 304 g/mol. The lowest BCUT2D eigenvalue weighted by molar-refractivity contribution is -0.104. The van der Waals surface area contributed by atoms with Gasteiger partial charge in [0.05, 0.1) is 0 Å². The number of fused-ring (bicyclic) bond motifs is 1. The lowest BCUT2D eigenvalue weighted by Gasteiger charge is -2.58. The van der Waals surface area contributed by atoms with Gasteiger partial charge in [-0.05, 0) is 74.2 Å². The summed E-state index contributed by atoms with van der Waals surface area (Å²) in [4.78, 5) is 10.6. The molecule has 0 spiro atoms. The smallest absolute Gasteiger partial charge is 0.142 e. The van der Waals surface area contributed by atoms with E-state index in [0.29, 0.717) is 18.4 Å². The van der Waals surface area contributed by atoms with Gasteiger partial charge in [0.1, 0.15) is 6.29 Å². The topological polar surface area (TPSA) is 37.3 Å². The van der Waals surface area contributed by atoms with E-state index in [1.54, 1.807) is 6.08 Å². The molecular weight excluding hydrogens is 272 g/mol. The van der Waals surface area contributed by atoms with Gasteiger partial charge < -0.3 is 5.11 Å². The second kappa shape index (κ2) is 6.70. The first-order chi connectivity index (χ1) is 10.4. The van der Waals surface area contributed by atoms with Crippen molar-refractivity contribution in [1.29, 1.82) is 0 Å². The highest BCUT2D eigenvalue weighted by molar-refractivity contribution is 5.65. The molecule has 0 aromatic carbocycles. The molecule has 22 heavy (non-hydrogen) atoms. The van der Waals surface area contributed by atoms with Crippen LogP contribution in [0.1, 0.15) is 65.7 Å². The number of carbonyl (C=O) groups is 1. The molecular formula is C20H32O2. The number of rotatable bonds is 5. The first-order valence-electron chi connectivity index (χ1n) is 8.77. The largest absolute Gasteiger partial charge is 0.396 e. The van der Waals surface area contributed by atoms with Crippen molar-refractivity contribution >= 4 is 6.29 Å². The molecule has 0 heterocycles. The average Bonchev–Trinajstić information content (AvgIpc) is 2.46. The molecule has 0 aromatic rings. The van der Waals surface area contributed by atoms with Gasteiger partial charge in [-0.15, -0.1) is 0 Å². The first-order valence-corrected chi connectivity index (χ1v) is 8.77. The molecule has 2 rings (SSSR count). The second-order valence-electron chi connectivity index (χ2n) is 8.16. The Morgan fingerprint density at radius 1 is 1.41 bits per heavy atom. The van der Waals surface area contributed by atoms with Crippen LogP contribution in [0.4, 0.5) is 0 Å². The Balaban J connectivity index is 2.22. The number of aldehydes is 1.